The topological polar surface area (TPSA) is 137 Å². The van der Waals surface area contributed by atoms with Gasteiger partial charge < -0.3 is 18.9 Å². The zero-order chi connectivity index (χ0) is 23.0. The number of hydrogen-bond donors (Lipinski definition) is 0. The Balaban J connectivity index is 2.36. The van der Waals surface area contributed by atoms with E-state index in [-0.39, 0.29) is 6.61 Å². The number of carbonyl (C=O) groups excluding carboxylic acids is 3. The summed E-state index contributed by atoms with van der Waals surface area (Å²) in [7, 11) is 0. The van der Waals surface area contributed by atoms with Crippen LogP contribution < -0.4 is 0 Å². The molecule has 1 aliphatic rings. The Hall–Kier alpha value is -2.46. The number of ether oxygens (including phenoxy) is 4. The van der Waals surface area contributed by atoms with E-state index < -0.39 is 47.7 Å². The molecule has 0 spiro atoms. The Morgan fingerprint density at radius 3 is 2.35 bits per heavy atom. The van der Waals surface area contributed by atoms with Crippen molar-refractivity contribution in [2.24, 2.45) is 5.11 Å². The summed E-state index contributed by atoms with van der Waals surface area (Å²) >= 11 is 7.47. The average molecular weight is 472 g/mol. The fourth-order valence-electron chi connectivity index (χ4n) is 3.00. The quantitative estimate of drug-likeness (QED) is 0.185. The molecule has 0 bridgehead atoms. The molecular weight excluding hydrogens is 450 g/mol. The molecule has 0 amide bonds. The van der Waals surface area contributed by atoms with Gasteiger partial charge in [-0.15, -0.1) is 11.8 Å². The predicted octanol–water partition coefficient (Wildman–Crippen LogP) is 3.40. The van der Waals surface area contributed by atoms with E-state index in [1.165, 1.54) is 32.5 Å². The predicted molar refractivity (Wildman–Crippen MR) is 112 cm³/mol. The molecule has 5 atom stereocenters. The molecule has 1 heterocycles. The van der Waals surface area contributed by atoms with Crippen LogP contribution in [-0.4, -0.2) is 54.3 Å². The lowest BCUT2D eigenvalue weighted by atomic mass is 9.97. The Kier molecular flexibility index (Phi) is 9.44. The van der Waals surface area contributed by atoms with Gasteiger partial charge in [-0.05, 0) is 17.2 Å². The molecule has 0 radical (unpaired) electrons. The van der Waals surface area contributed by atoms with Gasteiger partial charge in [-0.2, -0.15) is 0 Å². The third-order valence-electron chi connectivity index (χ3n) is 4.22. The minimum absolute atomic E-state index is 0.249. The van der Waals surface area contributed by atoms with Gasteiger partial charge >= 0.3 is 17.9 Å². The number of esters is 3. The molecule has 168 valence electrons. The lowest BCUT2D eigenvalue weighted by molar-refractivity contribution is -0.201. The van der Waals surface area contributed by atoms with Gasteiger partial charge in [0.25, 0.3) is 0 Å². The van der Waals surface area contributed by atoms with Crippen LogP contribution in [0.15, 0.2) is 29.4 Å². The van der Waals surface area contributed by atoms with E-state index in [2.05, 4.69) is 10.0 Å². The number of halogens is 1. The van der Waals surface area contributed by atoms with Gasteiger partial charge in [-0.1, -0.05) is 34.9 Å². The highest BCUT2D eigenvalue weighted by Gasteiger charge is 2.50. The van der Waals surface area contributed by atoms with Crippen LogP contribution in [0.1, 0.15) is 26.3 Å². The van der Waals surface area contributed by atoms with Crippen molar-refractivity contribution in [2.75, 3.05) is 6.61 Å². The van der Waals surface area contributed by atoms with Crippen molar-refractivity contribution in [3.05, 3.63) is 45.3 Å². The molecule has 1 aromatic rings. The fourth-order valence-corrected chi connectivity index (χ4v) is 4.50. The smallest absolute Gasteiger partial charge is 0.303 e. The number of rotatable bonds is 8. The third-order valence-corrected chi connectivity index (χ3v) is 5.77. The summed E-state index contributed by atoms with van der Waals surface area (Å²) in [6.07, 6.45) is -3.13. The number of carbonyl (C=O) groups is 3. The van der Waals surface area contributed by atoms with Gasteiger partial charge in [0, 0.05) is 36.5 Å². The minimum Gasteiger partial charge on any atom is -0.463 e. The van der Waals surface area contributed by atoms with Gasteiger partial charge in [0.05, 0.1) is 0 Å². The fraction of sp³-hybridized carbons (Fsp3) is 0.526. The van der Waals surface area contributed by atoms with E-state index in [0.717, 1.165) is 5.56 Å². The Morgan fingerprint density at radius 1 is 1.13 bits per heavy atom. The second-order valence-electron chi connectivity index (χ2n) is 6.59. The van der Waals surface area contributed by atoms with E-state index >= 15 is 0 Å². The van der Waals surface area contributed by atoms with E-state index in [1.54, 1.807) is 12.1 Å². The summed E-state index contributed by atoms with van der Waals surface area (Å²) in [4.78, 5) is 37.5. The first-order valence-electron chi connectivity index (χ1n) is 9.25. The van der Waals surface area contributed by atoms with Crippen LogP contribution in [0, 0.1) is 0 Å². The maximum atomic E-state index is 11.7. The SMILES string of the molecule is CC(=O)OC[C@H]1O[C@H](SCc2ccccc2Cl)[C@H](OC(C)=O)[C@@H](N=[N+]=[N-])[C@H]1OC(C)=O. The van der Waals surface area contributed by atoms with Gasteiger partial charge in [0.15, 0.2) is 0 Å². The second-order valence-corrected chi connectivity index (χ2v) is 8.09. The van der Waals surface area contributed by atoms with Crippen LogP contribution in [0.3, 0.4) is 0 Å². The van der Waals surface area contributed by atoms with Crippen molar-refractivity contribution in [1.29, 1.82) is 0 Å². The number of nitrogens with zero attached hydrogens (tertiary/aromatic N) is 3. The Bertz CT molecular complexity index is 865. The van der Waals surface area contributed by atoms with Crippen molar-refractivity contribution < 1.29 is 33.3 Å². The van der Waals surface area contributed by atoms with Crippen LogP contribution in [0.2, 0.25) is 5.02 Å². The molecular formula is C19H22ClN3O7S. The first-order valence-corrected chi connectivity index (χ1v) is 10.7. The van der Waals surface area contributed by atoms with Crippen LogP contribution in [0.5, 0.6) is 0 Å². The maximum Gasteiger partial charge on any atom is 0.303 e. The largest absolute Gasteiger partial charge is 0.463 e. The van der Waals surface area contributed by atoms with E-state index in [0.29, 0.717) is 10.8 Å². The highest BCUT2D eigenvalue weighted by atomic mass is 35.5. The molecule has 1 saturated heterocycles. The molecule has 1 aromatic carbocycles. The number of azide groups is 1. The van der Waals surface area contributed by atoms with Crippen molar-refractivity contribution in [3.63, 3.8) is 0 Å². The van der Waals surface area contributed by atoms with Crippen LogP contribution in [-0.2, 0) is 39.1 Å². The lowest BCUT2D eigenvalue weighted by Gasteiger charge is -2.43. The first kappa shape index (κ1) is 24.8. The number of hydrogen-bond acceptors (Lipinski definition) is 9. The van der Waals surface area contributed by atoms with Crippen molar-refractivity contribution >= 4 is 41.3 Å². The van der Waals surface area contributed by atoms with Crippen LogP contribution >= 0.6 is 23.4 Å². The third kappa shape index (κ3) is 7.32. The normalized spacial score (nSPS) is 25.1. The average Bonchev–Trinajstić information content (AvgIpc) is 2.69. The summed E-state index contributed by atoms with van der Waals surface area (Å²) in [5.41, 5.74) is 9.09. The van der Waals surface area contributed by atoms with Gasteiger partial charge in [0.2, 0.25) is 0 Å². The standard InChI is InChI=1S/C19H22ClN3O7S/c1-10(24)27-8-15-17(28-11(2)25)16(22-23-21)18(29-12(3)26)19(30-15)31-9-13-6-4-5-7-14(13)20/h4-7,15-19H,8-9H2,1-3H3/t15-,16+,17+,18-,19-/m1/s1. The molecule has 10 nitrogen and oxygen atoms in total. The molecule has 0 saturated carbocycles. The summed E-state index contributed by atoms with van der Waals surface area (Å²) in [6, 6.07) is 6.10. The highest BCUT2D eigenvalue weighted by molar-refractivity contribution is 7.99. The lowest BCUT2D eigenvalue weighted by Crippen LogP contribution is -2.59. The first-order chi connectivity index (χ1) is 14.7. The second kappa shape index (κ2) is 11.8. The summed E-state index contributed by atoms with van der Waals surface area (Å²) in [5.74, 6) is -1.46. The zero-order valence-corrected chi connectivity index (χ0v) is 18.7. The van der Waals surface area contributed by atoms with Crippen molar-refractivity contribution in [2.45, 2.75) is 56.3 Å². The molecule has 1 fully saturated rings. The van der Waals surface area contributed by atoms with Crippen LogP contribution in [0.4, 0.5) is 0 Å². The molecule has 31 heavy (non-hydrogen) atoms. The van der Waals surface area contributed by atoms with Crippen molar-refractivity contribution in [3.8, 4) is 0 Å². The Morgan fingerprint density at radius 2 is 1.77 bits per heavy atom. The van der Waals surface area contributed by atoms with E-state index in [4.69, 9.17) is 36.1 Å². The van der Waals surface area contributed by atoms with Gasteiger partial charge in [-0.25, -0.2) is 0 Å². The van der Waals surface area contributed by atoms with E-state index in [9.17, 15) is 14.4 Å². The molecule has 2 rings (SSSR count). The number of benzene rings is 1. The molecule has 1 aliphatic heterocycles. The molecule has 0 unspecified atom stereocenters. The Labute approximate surface area is 188 Å². The molecule has 0 aromatic heterocycles. The molecule has 0 N–H and O–H groups in total. The van der Waals surface area contributed by atoms with Gasteiger partial charge in [-0.3, -0.25) is 14.4 Å². The summed E-state index contributed by atoms with van der Waals surface area (Å²) in [6.45, 7) is 3.35. The zero-order valence-electron chi connectivity index (χ0n) is 17.1. The maximum absolute atomic E-state index is 11.7. The number of thioether (sulfide) groups is 1. The van der Waals surface area contributed by atoms with Gasteiger partial charge in [0.1, 0.15) is 36.4 Å². The summed E-state index contributed by atoms with van der Waals surface area (Å²) < 4.78 is 21.7. The molecule has 0 aliphatic carbocycles. The van der Waals surface area contributed by atoms with Crippen LogP contribution in [0.25, 0.3) is 10.4 Å². The highest BCUT2D eigenvalue weighted by Crippen LogP contribution is 2.36. The van der Waals surface area contributed by atoms with Crippen molar-refractivity contribution in [1.82, 2.24) is 0 Å². The summed E-state index contributed by atoms with van der Waals surface area (Å²) in [5, 5.41) is 4.27. The van der Waals surface area contributed by atoms with E-state index in [1.807, 2.05) is 12.1 Å². The molecule has 12 heteroatoms. The monoisotopic (exact) mass is 471 g/mol. The minimum atomic E-state index is -1.13.